The summed E-state index contributed by atoms with van der Waals surface area (Å²) in [5, 5.41) is 15.3. The lowest BCUT2D eigenvalue weighted by atomic mass is 9.73. The first-order valence-corrected chi connectivity index (χ1v) is 15.3. The SMILES string of the molecule is O=[N+]([O-])C1CC(C(F)(F)F)C2NC1C1NNC(O1)C1C(CCCC[C@H]3CCCN23)CCCC1OCc1ccccc1. The quantitative estimate of drug-likeness (QED) is 0.357. The van der Waals surface area contributed by atoms with Crippen molar-refractivity contribution in [1.29, 1.82) is 0 Å². The van der Waals surface area contributed by atoms with Crippen molar-refractivity contribution in [3.8, 4) is 0 Å². The van der Waals surface area contributed by atoms with Crippen molar-refractivity contribution in [1.82, 2.24) is 21.1 Å². The Morgan fingerprint density at radius 1 is 1.00 bits per heavy atom. The molecule has 9 nitrogen and oxygen atoms in total. The van der Waals surface area contributed by atoms with Crippen molar-refractivity contribution in [2.45, 2.75) is 120 Å². The van der Waals surface area contributed by atoms with E-state index >= 15 is 0 Å². The summed E-state index contributed by atoms with van der Waals surface area (Å²) in [6.07, 6.45) is 1.04. The molecule has 10 atom stereocenters. The number of rotatable bonds is 4. The number of hydrogen-bond donors (Lipinski definition) is 3. The standard InChI is InChI=1S/C29H42F3N5O4/c30-29(31,32)21-16-22(37(38)39)25-28-35-34-27(41-28)24-19(10-4-5-12-20-13-7-15-36(20)26(21)33-25)11-6-14-23(24)40-17-18-8-2-1-3-9-18/h1-3,8-9,19-28,33-35H,4-7,10-17H2/t19?,20-,21?,22?,23?,24?,25?,26?,27?,28?/m0/s1. The molecule has 0 aromatic heterocycles. The number of nitrogens with zero attached hydrogens (tertiary/aromatic N) is 2. The van der Waals surface area contributed by atoms with E-state index in [4.69, 9.17) is 9.47 Å². The van der Waals surface area contributed by atoms with Crippen LogP contribution in [0.4, 0.5) is 13.2 Å². The Morgan fingerprint density at radius 2 is 1.73 bits per heavy atom. The number of nitro groups is 1. The molecule has 41 heavy (non-hydrogen) atoms. The molecule has 1 aromatic rings. The van der Waals surface area contributed by atoms with Crippen LogP contribution in [0.15, 0.2) is 30.3 Å². The zero-order valence-corrected chi connectivity index (χ0v) is 23.3. The van der Waals surface area contributed by atoms with Crippen LogP contribution >= 0.6 is 0 Å². The van der Waals surface area contributed by atoms with Gasteiger partial charge in [0.2, 0.25) is 6.04 Å². The normalized spacial score (nSPS) is 40.4. The maximum absolute atomic E-state index is 14.4. The van der Waals surface area contributed by atoms with E-state index in [0.29, 0.717) is 19.1 Å². The monoisotopic (exact) mass is 581 g/mol. The van der Waals surface area contributed by atoms with Crippen LogP contribution in [-0.4, -0.2) is 65.4 Å². The van der Waals surface area contributed by atoms with E-state index in [1.54, 1.807) is 0 Å². The minimum atomic E-state index is -4.54. The first-order valence-electron chi connectivity index (χ1n) is 15.3. The van der Waals surface area contributed by atoms with E-state index in [2.05, 4.69) is 16.2 Å². The molecule has 0 amide bonds. The van der Waals surface area contributed by atoms with E-state index in [1.165, 1.54) is 0 Å². The smallest absolute Gasteiger partial charge is 0.373 e. The molecule has 3 N–H and O–H groups in total. The molecule has 9 unspecified atom stereocenters. The van der Waals surface area contributed by atoms with Crippen molar-refractivity contribution in [3.63, 3.8) is 0 Å². The summed E-state index contributed by atoms with van der Waals surface area (Å²) < 4.78 is 56.0. The van der Waals surface area contributed by atoms with E-state index in [-0.39, 0.29) is 18.1 Å². The summed E-state index contributed by atoms with van der Waals surface area (Å²) in [5.74, 6) is -1.43. The van der Waals surface area contributed by atoms with Gasteiger partial charge in [-0.25, -0.2) is 10.9 Å². The molecule has 4 heterocycles. The Bertz CT molecular complexity index is 1040. The second-order valence-corrected chi connectivity index (χ2v) is 12.6. The van der Waals surface area contributed by atoms with Gasteiger partial charge in [0.15, 0.2) is 0 Å². The first-order chi connectivity index (χ1) is 19.8. The van der Waals surface area contributed by atoms with Gasteiger partial charge in [-0.05, 0) is 56.6 Å². The predicted octanol–water partition coefficient (Wildman–Crippen LogP) is 4.31. The molecular formula is C29H42F3N5O4. The molecule has 12 heteroatoms. The highest BCUT2D eigenvalue weighted by molar-refractivity contribution is 5.13. The summed E-state index contributed by atoms with van der Waals surface area (Å²) in [6, 6.07) is 7.73. The van der Waals surface area contributed by atoms with E-state index < -0.39 is 54.1 Å². The van der Waals surface area contributed by atoms with Gasteiger partial charge in [-0.15, -0.1) is 0 Å². The highest BCUT2D eigenvalue weighted by atomic mass is 19.4. The third kappa shape index (κ3) is 6.28. The minimum Gasteiger partial charge on any atom is -0.373 e. The number of halogens is 3. The first kappa shape index (κ1) is 29.3. The second kappa shape index (κ2) is 12.4. The van der Waals surface area contributed by atoms with Crippen LogP contribution in [0.2, 0.25) is 0 Å². The molecule has 1 saturated carbocycles. The van der Waals surface area contributed by atoms with Crippen molar-refractivity contribution >= 4 is 0 Å². The fourth-order valence-corrected chi connectivity index (χ4v) is 8.20. The summed E-state index contributed by atoms with van der Waals surface area (Å²) >= 11 is 0. The van der Waals surface area contributed by atoms with E-state index in [0.717, 1.165) is 63.4 Å². The average molecular weight is 582 g/mol. The van der Waals surface area contributed by atoms with Crippen LogP contribution in [0.1, 0.15) is 69.8 Å². The third-order valence-electron chi connectivity index (χ3n) is 10.2. The summed E-state index contributed by atoms with van der Waals surface area (Å²) in [5.41, 5.74) is 7.46. The highest BCUT2D eigenvalue weighted by Gasteiger charge is 2.59. The van der Waals surface area contributed by atoms with Crippen LogP contribution in [0.25, 0.3) is 0 Å². The van der Waals surface area contributed by atoms with Gasteiger partial charge in [0.25, 0.3) is 0 Å². The Balaban J connectivity index is 1.28. The Hall–Kier alpha value is -1.83. The number of hydrazine groups is 1. The van der Waals surface area contributed by atoms with Crippen LogP contribution in [0.3, 0.4) is 0 Å². The molecule has 4 saturated heterocycles. The summed E-state index contributed by atoms with van der Waals surface area (Å²) in [4.78, 5) is 13.5. The lowest BCUT2D eigenvalue weighted by Gasteiger charge is -2.46. The largest absolute Gasteiger partial charge is 0.394 e. The molecule has 228 valence electrons. The minimum absolute atomic E-state index is 0.0206. The fraction of sp³-hybridized carbons (Fsp3) is 0.793. The zero-order chi connectivity index (χ0) is 28.6. The van der Waals surface area contributed by atoms with Gasteiger partial charge in [0.05, 0.1) is 24.8 Å². The molecule has 0 spiro atoms. The summed E-state index contributed by atoms with van der Waals surface area (Å²) in [6.45, 7) is 1.06. The highest BCUT2D eigenvalue weighted by Crippen LogP contribution is 2.43. The lowest BCUT2D eigenvalue weighted by molar-refractivity contribution is -0.537. The molecular weight excluding hydrogens is 539 g/mol. The molecule has 1 aliphatic carbocycles. The van der Waals surface area contributed by atoms with Gasteiger partial charge in [-0.2, -0.15) is 13.2 Å². The Morgan fingerprint density at radius 3 is 2.51 bits per heavy atom. The number of benzene rings is 1. The molecule has 4 bridgehead atoms. The van der Waals surface area contributed by atoms with Gasteiger partial charge < -0.3 is 9.47 Å². The lowest BCUT2D eigenvalue weighted by Crippen LogP contribution is -2.70. The predicted molar refractivity (Wildman–Crippen MR) is 145 cm³/mol. The molecule has 1 aromatic carbocycles. The number of nitrogens with one attached hydrogen (secondary N) is 3. The second-order valence-electron chi connectivity index (χ2n) is 12.6. The Kier molecular flexibility index (Phi) is 8.86. The van der Waals surface area contributed by atoms with Crippen LogP contribution in [-0.2, 0) is 16.1 Å². The van der Waals surface area contributed by atoms with Gasteiger partial charge in [-0.1, -0.05) is 49.6 Å². The van der Waals surface area contributed by atoms with Crippen molar-refractivity contribution in [3.05, 3.63) is 46.0 Å². The third-order valence-corrected chi connectivity index (χ3v) is 10.2. The van der Waals surface area contributed by atoms with Gasteiger partial charge in [0, 0.05) is 23.3 Å². The maximum atomic E-state index is 14.4. The van der Waals surface area contributed by atoms with Gasteiger partial charge in [0.1, 0.15) is 18.5 Å². The molecule has 6 rings (SSSR count). The number of piperidine rings is 1. The number of hydrogen-bond acceptors (Lipinski definition) is 8. The van der Waals surface area contributed by atoms with E-state index in [9.17, 15) is 23.3 Å². The molecule has 4 aliphatic heterocycles. The van der Waals surface area contributed by atoms with Gasteiger partial charge in [-0.3, -0.25) is 20.3 Å². The van der Waals surface area contributed by atoms with Gasteiger partial charge >= 0.3 is 6.18 Å². The number of fused-ring (bicyclic) bond motifs is 9. The molecule has 5 fully saturated rings. The average Bonchev–Trinajstić information content (AvgIpc) is 3.63. The zero-order valence-electron chi connectivity index (χ0n) is 23.3. The topological polar surface area (TPSA) is 101 Å². The number of ether oxygens (including phenoxy) is 2. The van der Waals surface area contributed by atoms with Crippen LogP contribution in [0, 0.1) is 27.9 Å². The number of alkyl halides is 3. The van der Waals surface area contributed by atoms with Crippen LogP contribution < -0.4 is 16.2 Å². The Labute approximate surface area is 239 Å². The van der Waals surface area contributed by atoms with Crippen molar-refractivity contribution < 1.29 is 27.6 Å². The van der Waals surface area contributed by atoms with Crippen molar-refractivity contribution in [2.24, 2.45) is 17.8 Å². The summed E-state index contributed by atoms with van der Waals surface area (Å²) in [7, 11) is 0. The molecule has 0 radical (unpaired) electrons. The van der Waals surface area contributed by atoms with Crippen molar-refractivity contribution in [2.75, 3.05) is 6.54 Å². The molecule has 5 aliphatic rings. The van der Waals surface area contributed by atoms with Crippen LogP contribution in [0.5, 0.6) is 0 Å². The fourth-order valence-electron chi connectivity index (χ4n) is 8.20. The van der Waals surface area contributed by atoms with E-state index in [1.807, 2.05) is 35.2 Å². The maximum Gasteiger partial charge on any atom is 0.394 e.